The molecule has 0 aliphatic carbocycles. The first-order valence-corrected chi connectivity index (χ1v) is 7.82. The second-order valence-electron chi connectivity index (χ2n) is 5.06. The van der Waals surface area contributed by atoms with Crippen LogP contribution in [0.3, 0.4) is 0 Å². The van der Waals surface area contributed by atoms with E-state index in [1.165, 1.54) is 11.8 Å². The second kappa shape index (κ2) is 6.29. The highest BCUT2D eigenvalue weighted by Crippen LogP contribution is 2.30. The minimum Gasteiger partial charge on any atom is -0.452 e. The van der Waals surface area contributed by atoms with Gasteiger partial charge in [-0.2, -0.15) is 0 Å². The number of nitrogens with zero attached hydrogens (tertiary/aromatic N) is 3. The van der Waals surface area contributed by atoms with Gasteiger partial charge in [-0.3, -0.25) is 4.98 Å². The van der Waals surface area contributed by atoms with Gasteiger partial charge < -0.3 is 4.74 Å². The highest BCUT2D eigenvalue weighted by Gasteiger charge is 2.08. The number of ether oxygens (including phenoxy) is 1. The van der Waals surface area contributed by atoms with E-state index in [1.807, 2.05) is 32.0 Å². The quantitative estimate of drug-likeness (QED) is 0.797. The number of amides is 1. The van der Waals surface area contributed by atoms with Gasteiger partial charge in [-0.25, -0.2) is 19.9 Å². The summed E-state index contributed by atoms with van der Waals surface area (Å²) < 4.78 is 6.13. The van der Waals surface area contributed by atoms with Crippen molar-refractivity contribution in [2.75, 3.05) is 12.5 Å². The monoisotopic (exact) mass is 328 g/mol. The number of fused-ring (bicyclic) bond motifs is 1. The van der Waals surface area contributed by atoms with E-state index in [-0.39, 0.29) is 0 Å². The Morgan fingerprint density at radius 3 is 2.61 bits per heavy atom. The van der Waals surface area contributed by atoms with E-state index in [0.717, 1.165) is 32.2 Å². The van der Waals surface area contributed by atoms with E-state index in [1.54, 1.807) is 18.1 Å². The summed E-state index contributed by atoms with van der Waals surface area (Å²) in [5.74, 6) is 0. The zero-order chi connectivity index (χ0) is 16.4. The van der Waals surface area contributed by atoms with Crippen LogP contribution in [0, 0.1) is 13.8 Å². The van der Waals surface area contributed by atoms with E-state index in [9.17, 15) is 4.79 Å². The van der Waals surface area contributed by atoms with Gasteiger partial charge in [0.2, 0.25) is 0 Å². The van der Waals surface area contributed by atoms with Crippen molar-refractivity contribution in [3.8, 4) is 0 Å². The first-order valence-electron chi connectivity index (χ1n) is 7.00. The molecule has 0 atom stereocenters. The number of carbonyl (C=O) groups excluding carboxylic acids is 1. The average molecular weight is 328 g/mol. The summed E-state index contributed by atoms with van der Waals surface area (Å²) in [6.45, 7) is 3.97. The molecule has 0 spiro atoms. The Bertz CT molecular complexity index is 855. The van der Waals surface area contributed by atoms with E-state index in [0.29, 0.717) is 0 Å². The predicted molar refractivity (Wildman–Crippen MR) is 89.3 cm³/mol. The lowest BCUT2D eigenvalue weighted by molar-refractivity contribution is 0.183. The van der Waals surface area contributed by atoms with Crippen molar-refractivity contribution < 1.29 is 9.53 Å². The molecule has 3 rings (SSSR count). The molecule has 1 amide bonds. The van der Waals surface area contributed by atoms with Crippen LogP contribution in [0.1, 0.15) is 11.4 Å². The van der Waals surface area contributed by atoms with Gasteiger partial charge in [0.25, 0.3) is 0 Å². The van der Waals surface area contributed by atoms with E-state index >= 15 is 0 Å². The SMILES string of the molecule is COC(=O)Nn1cnc2cc(Sc3cc(C)nc(C)c3)ccc21. The van der Waals surface area contributed by atoms with Crippen molar-refractivity contribution >= 4 is 28.9 Å². The molecule has 0 saturated carbocycles. The van der Waals surface area contributed by atoms with Gasteiger partial charge in [-0.15, -0.1) is 0 Å². The Balaban J connectivity index is 1.87. The minimum atomic E-state index is -0.537. The molecule has 0 bridgehead atoms. The van der Waals surface area contributed by atoms with Crippen molar-refractivity contribution in [2.24, 2.45) is 0 Å². The van der Waals surface area contributed by atoms with Gasteiger partial charge >= 0.3 is 6.09 Å². The van der Waals surface area contributed by atoms with Crippen LogP contribution in [0.25, 0.3) is 11.0 Å². The second-order valence-corrected chi connectivity index (χ2v) is 6.20. The number of nitrogens with one attached hydrogen (secondary N) is 1. The lowest BCUT2D eigenvalue weighted by Crippen LogP contribution is -2.21. The number of methoxy groups -OCH3 is 1. The number of aryl methyl sites for hydroxylation is 2. The number of benzene rings is 1. The van der Waals surface area contributed by atoms with Crippen LogP contribution in [0.4, 0.5) is 4.79 Å². The summed E-state index contributed by atoms with van der Waals surface area (Å²) in [4.78, 5) is 22.2. The Morgan fingerprint density at radius 1 is 1.17 bits per heavy atom. The van der Waals surface area contributed by atoms with Crippen molar-refractivity contribution in [1.29, 1.82) is 0 Å². The number of hydrogen-bond donors (Lipinski definition) is 1. The summed E-state index contributed by atoms with van der Waals surface area (Å²) in [7, 11) is 1.32. The molecule has 2 heterocycles. The zero-order valence-electron chi connectivity index (χ0n) is 13.0. The van der Waals surface area contributed by atoms with E-state index in [4.69, 9.17) is 0 Å². The molecule has 118 valence electrons. The first-order chi connectivity index (χ1) is 11.0. The van der Waals surface area contributed by atoms with Gasteiger partial charge in [0.05, 0.1) is 18.1 Å². The summed E-state index contributed by atoms with van der Waals surface area (Å²) in [5, 5.41) is 0. The maximum absolute atomic E-state index is 11.3. The molecule has 7 heteroatoms. The maximum Gasteiger partial charge on any atom is 0.426 e. The molecule has 0 aliphatic rings. The van der Waals surface area contributed by atoms with Crippen molar-refractivity contribution in [3.05, 3.63) is 48.0 Å². The predicted octanol–water partition coefficient (Wildman–Crippen LogP) is 3.51. The Kier molecular flexibility index (Phi) is 4.20. The molecule has 0 saturated heterocycles. The Labute approximate surface area is 137 Å². The summed E-state index contributed by atoms with van der Waals surface area (Å²) in [6.07, 6.45) is 1.02. The minimum absolute atomic E-state index is 0.537. The molecule has 23 heavy (non-hydrogen) atoms. The number of pyridine rings is 1. The molecule has 1 N–H and O–H groups in total. The van der Waals surface area contributed by atoms with Crippen LogP contribution >= 0.6 is 11.8 Å². The normalized spacial score (nSPS) is 10.7. The van der Waals surface area contributed by atoms with Crippen molar-refractivity contribution in [1.82, 2.24) is 14.6 Å². The number of imidazole rings is 1. The molecular weight excluding hydrogens is 312 g/mol. The molecule has 1 aromatic carbocycles. The third-order valence-electron chi connectivity index (χ3n) is 3.21. The standard InChI is InChI=1S/C16H16N4O2S/c1-10-6-13(7-11(2)18-10)23-12-4-5-15-14(8-12)17-9-20(15)19-16(21)22-3/h4-9H,1-3H3,(H,19,21). The van der Waals surface area contributed by atoms with Crippen LogP contribution in [-0.2, 0) is 4.74 Å². The Morgan fingerprint density at radius 2 is 1.91 bits per heavy atom. The lowest BCUT2D eigenvalue weighted by atomic mass is 10.3. The van der Waals surface area contributed by atoms with Gasteiger partial charge in [-0.1, -0.05) is 11.8 Å². The summed E-state index contributed by atoms with van der Waals surface area (Å²) in [6, 6.07) is 10.0. The summed E-state index contributed by atoms with van der Waals surface area (Å²) in [5.41, 5.74) is 6.18. The fraction of sp³-hybridized carbons (Fsp3) is 0.188. The molecule has 0 fully saturated rings. The third-order valence-corrected chi connectivity index (χ3v) is 4.17. The van der Waals surface area contributed by atoms with Gasteiger partial charge in [0.15, 0.2) is 0 Å². The number of carbonyl (C=O) groups is 1. The highest BCUT2D eigenvalue weighted by atomic mass is 32.2. The van der Waals surface area contributed by atoms with Gasteiger partial charge in [0.1, 0.15) is 6.33 Å². The molecule has 0 unspecified atom stereocenters. The van der Waals surface area contributed by atoms with Crippen LogP contribution < -0.4 is 5.43 Å². The highest BCUT2D eigenvalue weighted by molar-refractivity contribution is 7.99. The molecule has 0 radical (unpaired) electrons. The maximum atomic E-state index is 11.3. The topological polar surface area (TPSA) is 69.0 Å². The molecule has 3 aromatic rings. The molecule has 6 nitrogen and oxygen atoms in total. The van der Waals surface area contributed by atoms with Gasteiger partial charge in [-0.05, 0) is 44.2 Å². The van der Waals surface area contributed by atoms with Crippen LogP contribution in [0.2, 0.25) is 0 Å². The fourth-order valence-electron chi connectivity index (χ4n) is 2.28. The van der Waals surface area contributed by atoms with E-state index < -0.39 is 6.09 Å². The van der Waals surface area contributed by atoms with Crippen molar-refractivity contribution in [3.63, 3.8) is 0 Å². The average Bonchev–Trinajstić information content (AvgIpc) is 2.88. The molecule has 2 aromatic heterocycles. The Hall–Kier alpha value is -2.54. The smallest absolute Gasteiger partial charge is 0.426 e. The number of aromatic nitrogens is 3. The largest absolute Gasteiger partial charge is 0.452 e. The van der Waals surface area contributed by atoms with Crippen LogP contribution in [-0.4, -0.2) is 27.8 Å². The van der Waals surface area contributed by atoms with Crippen LogP contribution in [0.5, 0.6) is 0 Å². The molecular formula is C16H16N4O2S. The van der Waals surface area contributed by atoms with E-state index in [2.05, 4.69) is 32.3 Å². The van der Waals surface area contributed by atoms with Crippen LogP contribution in [0.15, 0.2) is 46.5 Å². The number of rotatable bonds is 3. The third kappa shape index (κ3) is 3.45. The first kappa shape index (κ1) is 15.4. The fourth-order valence-corrected chi connectivity index (χ4v) is 3.32. The van der Waals surface area contributed by atoms with Gasteiger partial charge in [0, 0.05) is 21.2 Å². The molecule has 0 aliphatic heterocycles. The number of hydrogen-bond acceptors (Lipinski definition) is 5. The summed E-state index contributed by atoms with van der Waals surface area (Å²) >= 11 is 1.66. The van der Waals surface area contributed by atoms with Crippen molar-refractivity contribution in [2.45, 2.75) is 23.6 Å². The lowest BCUT2D eigenvalue weighted by Gasteiger charge is -2.06. The zero-order valence-corrected chi connectivity index (χ0v) is 13.8.